The molecule has 0 saturated carbocycles. The Hall–Kier alpha value is -1.82. The molecule has 0 radical (unpaired) electrons. The first-order valence-electron chi connectivity index (χ1n) is 12.1. The fraction of sp³-hybridized carbons (Fsp3) is 0.840. The lowest BCUT2D eigenvalue weighted by Gasteiger charge is -2.26. The summed E-state index contributed by atoms with van der Waals surface area (Å²) in [6.45, 7) is 20.9. The van der Waals surface area contributed by atoms with Crippen LogP contribution in [-0.4, -0.2) is 70.6 Å². The number of ether oxygens (including phenoxy) is 4. The molecule has 0 aromatic carbocycles. The van der Waals surface area contributed by atoms with Crippen molar-refractivity contribution < 1.29 is 38.1 Å². The second-order valence-corrected chi connectivity index (χ2v) is 15.0. The molecule has 2 amide bonds. The van der Waals surface area contributed by atoms with Crippen molar-refractivity contribution in [2.24, 2.45) is 5.92 Å². The first kappa shape index (κ1) is 35.2. The van der Waals surface area contributed by atoms with Gasteiger partial charge in [0.05, 0.1) is 5.92 Å². The summed E-state index contributed by atoms with van der Waals surface area (Å²) in [5.41, 5.74) is -2.84. The monoisotopic (exact) mass is 566 g/mol. The zero-order valence-corrected chi connectivity index (χ0v) is 26.0. The van der Waals surface area contributed by atoms with Crippen LogP contribution in [0.4, 0.5) is 9.59 Å². The van der Waals surface area contributed by atoms with Crippen molar-refractivity contribution in [3.05, 3.63) is 0 Å². The van der Waals surface area contributed by atoms with Crippen LogP contribution in [0.5, 0.6) is 0 Å². The lowest BCUT2D eigenvalue weighted by molar-refractivity contribution is -0.159. The highest BCUT2D eigenvalue weighted by Gasteiger charge is 2.30. The molecule has 12 heteroatoms. The molecule has 2 N–H and O–H groups in total. The molecule has 0 aliphatic heterocycles. The van der Waals surface area contributed by atoms with Crippen molar-refractivity contribution in [1.82, 2.24) is 10.6 Å². The van der Waals surface area contributed by atoms with Crippen molar-refractivity contribution in [2.75, 3.05) is 18.1 Å². The predicted molar refractivity (Wildman–Crippen MR) is 147 cm³/mol. The van der Waals surface area contributed by atoms with Crippen LogP contribution < -0.4 is 10.6 Å². The van der Waals surface area contributed by atoms with E-state index < -0.39 is 58.5 Å². The van der Waals surface area contributed by atoms with E-state index >= 15 is 0 Å². The molecule has 0 heterocycles. The highest BCUT2D eigenvalue weighted by Crippen LogP contribution is 2.27. The number of rotatable bonds is 10. The Morgan fingerprint density at radius 1 is 0.595 bits per heavy atom. The third-order valence-corrected chi connectivity index (χ3v) is 6.09. The normalized spacial score (nSPS) is 14.2. The van der Waals surface area contributed by atoms with Gasteiger partial charge in [-0.3, -0.25) is 4.79 Å². The highest BCUT2D eigenvalue weighted by molar-refractivity contribution is 8.76. The fourth-order valence-electron chi connectivity index (χ4n) is 2.35. The minimum absolute atomic E-state index is 0.0169. The van der Waals surface area contributed by atoms with Gasteiger partial charge in [-0.2, -0.15) is 0 Å². The summed E-state index contributed by atoms with van der Waals surface area (Å²) in [6, 6.07) is -0.966. The summed E-state index contributed by atoms with van der Waals surface area (Å²) in [4.78, 5) is 49.8. The molecule has 2 atom stereocenters. The van der Waals surface area contributed by atoms with E-state index in [2.05, 4.69) is 10.6 Å². The Labute approximate surface area is 229 Å². The number of hydrogen-bond donors (Lipinski definition) is 2. The molecule has 216 valence electrons. The minimum atomic E-state index is -0.966. The van der Waals surface area contributed by atoms with Gasteiger partial charge < -0.3 is 29.6 Å². The average molecular weight is 567 g/mol. The number of nitrogens with one attached hydrogen (secondary N) is 2. The lowest BCUT2D eigenvalue weighted by Crippen LogP contribution is -2.47. The summed E-state index contributed by atoms with van der Waals surface area (Å²) in [7, 11) is 2.59. The lowest BCUT2D eigenvalue weighted by atomic mass is 10.1. The Morgan fingerprint density at radius 3 is 1.46 bits per heavy atom. The molecule has 0 rings (SSSR count). The molecule has 0 aliphatic rings. The SMILES string of the molecule is CC(C)(C)OC(=O)NC[C@@H](CSSC[C@H](NC(=O)OC(C)(C)C)C(=O)OC(C)(C)C)C(=O)OC(C)(C)C. The van der Waals surface area contributed by atoms with E-state index in [0.29, 0.717) is 0 Å². The van der Waals surface area contributed by atoms with Crippen molar-refractivity contribution in [2.45, 2.75) is 112 Å². The molecule has 10 nitrogen and oxygen atoms in total. The van der Waals surface area contributed by atoms with Crippen LogP contribution in [0.15, 0.2) is 0 Å². The number of hydrogen-bond acceptors (Lipinski definition) is 10. The molecule has 0 fully saturated rings. The zero-order valence-electron chi connectivity index (χ0n) is 24.4. The third-order valence-electron chi connectivity index (χ3n) is 3.60. The van der Waals surface area contributed by atoms with E-state index in [4.69, 9.17) is 18.9 Å². The summed E-state index contributed by atoms with van der Waals surface area (Å²) >= 11 is 0. The quantitative estimate of drug-likeness (QED) is 0.160. The molecule has 0 spiro atoms. The predicted octanol–water partition coefficient (Wildman–Crippen LogP) is 5.09. The summed E-state index contributed by atoms with van der Waals surface area (Å²) in [6.07, 6.45) is -1.37. The average Bonchev–Trinajstić information content (AvgIpc) is 2.60. The fourth-order valence-corrected chi connectivity index (χ4v) is 4.80. The zero-order chi connectivity index (χ0) is 29.2. The standard InChI is InChI=1S/C25H46N2O8S2/c1-22(2,3)32-18(28)16(13-26-20(30)34-24(7,8)9)14-36-37-15-17(19(29)33-23(4,5)6)27-21(31)35-25(10,11)12/h16-17H,13-15H2,1-12H3,(H,26,30)(H,27,31)/t16-,17-/m0/s1. The number of carbonyl (C=O) groups excluding carboxylic acids is 4. The van der Waals surface area contributed by atoms with Crippen molar-refractivity contribution in [3.63, 3.8) is 0 Å². The van der Waals surface area contributed by atoms with E-state index in [1.807, 2.05) is 0 Å². The van der Waals surface area contributed by atoms with Gasteiger partial charge >= 0.3 is 24.1 Å². The minimum Gasteiger partial charge on any atom is -0.460 e. The van der Waals surface area contributed by atoms with Gasteiger partial charge in [-0.1, -0.05) is 21.6 Å². The van der Waals surface area contributed by atoms with Gasteiger partial charge in [0.15, 0.2) is 0 Å². The van der Waals surface area contributed by atoms with Gasteiger partial charge in [0.2, 0.25) is 0 Å². The highest BCUT2D eigenvalue weighted by atomic mass is 33.1. The van der Waals surface area contributed by atoms with Gasteiger partial charge in [-0.15, -0.1) is 0 Å². The van der Waals surface area contributed by atoms with Crippen LogP contribution >= 0.6 is 21.6 Å². The van der Waals surface area contributed by atoms with Crippen LogP contribution in [-0.2, 0) is 28.5 Å². The second-order valence-electron chi connectivity index (χ2n) is 12.4. The number of alkyl carbamates (subject to hydrolysis) is 2. The smallest absolute Gasteiger partial charge is 0.408 e. The number of esters is 2. The van der Waals surface area contributed by atoms with Gasteiger partial charge in [0, 0.05) is 18.1 Å². The molecule has 0 unspecified atom stereocenters. The molecular formula is C25H46N2O8S2. The molecule has 0 bridgehead atoms. The van der Waals surface area contributed by atoms with Crippen LogP contribution in [0.25, 0.3) is 0 Å². The van der Waals surface area contributed by atoms with Gasteiger partial charge in [0.25, 0.3) is 0 Å². The molecule has 0 aliphatic carbocycles. The maximum absolute atomic E-state index is 12.7. The van der Waals surface area contributed by atoms with Crippen LogP contribution in [0.1, 0.15) is 83.1 Å². The van der Waals surface area contributed by atoms with Gasteiger partial charge in [-0.25, -0.2) is 14.4 Å². The van der Waals surface area contributed by atoms with E-state index in [9.17, 15) is 19.2 Å². The summed E-state index contributed by atoms with van der Waals surface area (Å²) in [5.74, 6) is -1.28. The van der Waals surface area contributed by atoms with Crippen LogP contribution in [0, 0.1) is 5.92 Å². The van der Waals surface area contributed by atoms with Gasteiger partial charge in [0.1, 0.15) is 28.4 Å². The van der Waals surface area contributed by atoms with Crippen molar-refractivity contribution in [3.8, 4) is 0 Å². The van der Waals surface area contributed by atoms with Crippen LogP contribution in [0.2, 0.25) is 0 Å². The van der Waals surface area contributed by atoms with E-state index in [0.717, 1.165) is 0 Å². The second kappa shape index (κ2) is 14.4. The van der Waals surface area contributed by atoms with E-state index in [-0.39, 0.29) is 18.1 Å². The van der Waals surface area contributed by atoms with E-state index in [1.165, 1.54) is 21.6 Å². The van der Waals surface area contributed by atoms with E-state index in [1.54, 1.807) is 83.1 Å². The van der Waals surface area contributed by atoms with Crippen LogP contribution in [0.3, 0.4) is 0 Å². The Bertz CT molecular complexity index is 778. The maximum Gasteiger partial charge on any atom is 0.408 e. The topological polar surface area (TPSA) is 129 Å². The molecule has 0 aromatic heterocycles. The van der Waals surface area contributed by atoms with Crippen molar-refractivity contribution in [1.29, 1.82) is 0 Å². The summed E-state index contributed by atoms with van der Waals surface area (Å²) in [5, 5.41) is 5.18. The molecule has 37 heavy (non-hydrogen) atoms. The first-order valence-corrected chi connectivity index (χ1v) is 14.6. The number of amides is 2. The maximum atomic E-state index is 12.7. The molecule has 0 aromatic rings. The largest absolute Gasteiger partial charge is 0.460 e. The molecule has 0 saturated heterocycles. The number of carbonyl (C=O) groups is 4. The van der Waals surface area contributed by atoms with Crippen molar-refractivity contribution >= 4 is 45.7 Å². The first-order chi connectivity index (χ1) is 16.5. The molecular weight excluding hydrogens is 520 g/mol. The Balaban J connectivity index is 5.23. The Morgan fingerprint density at radius 2 is 1.00 bits per heavy atom. The Kier molecular flexibility index (Phi) is 13.7. The third kappa shape index (κ3) is 19.9. The summed E-state index contributed by atoms with van der Waals surface area (Å²) < 4.78 is 21.5. The van der Waals surface area contributed by atoms with Gasteiger partial charge in [-0.05, 0) is 83.1 Å².